The summed E-state index contributed by atoms with van der Waals surface area (Å²) in [4.78, 5) is 13.8. The lowest BCUT2D eigenvalue weighted by Crippen LogP contribution is -2.67. The van der Waals surface area contributed by atoms with Crippen LogP contribution in [-0.2, 0) is 69.8 Å². The number of ether oxygens (including phenoxy) is 11. The van der Waals surface area contributed by atoms with Crippen LogP contribution in [0, 0.1) is 11.8 Å². The van der Waals surface area contributed by atoms with E-state index in [1.54, 1.807) is 28.4 Å². The monoisotopic (exact) mass is 1260 g/mol. The van der Waals surface area contributed by atoms with Gasteiger partial charge in [-0.1, -0.05) is 121 Å². The van der Waals surface area contributed by atoms with E-state index < -0.39 is 118 Å². The van der Waals surface area contributed by atoms with E-state index in [0.29, 0.717) is 25.7 Å². The molecule has 0 radical (unpaired) electrons. The minimum absolute atomic E-state index is 0.0201. The number of cyclic esters (lactones) is 2. The molecule has 0 aromatic rings. The minimum Gasteiger partial charge on any atom is -0.427 e. The first-order chi connectivity index (χ1) is 38.6. The number of carbonyl (C=O) groups is 1. The predicted molar refractivity (Wildman–Crippen MR) is 345 cm³/mol. The molecule has 16 nitrogen and oxygen atoms in total. The van der Waals surface area contributed by atoms with Gasteiger partial charge in [0.2, 0.25) is 5.79 Å². The maximum absolute atomic E-state index is 13.8. The first kappa shape index (κ1) is 75.6. The molecule has 4 aliphatic heterocycles. The van der Waals surface area contributed by atoms with Crippen molar-refractivity contribution in [3.63, 3.8) is 0 Å². The Morgan fingerprint density at radius 2 is 1.31 bits per heavy atom. The molecule has 0 saturated carbocycles. The predicted octanol–water partition coefficient (Wildman–Crippen LogP) is 15.3. The van der Waals surface area contributed by atoms with Crippen LogP contribution in [0.5, 0.6) is 0 Å². The van der Waals surface area contributed by atoms with Gasteiger partial charge in [-0.3, -0.25) is 0 Å². The van der Waals surface area contributed by atoms with Crippen LogP contribution in [0.4, 0.5) is 4.79 Å². The van der Waals surface area contributed by atoms with Crippen LogP contribution in [0.1, 0.15) is 163 Å². The zero-order chi connectivity index (χ0) is 64.0. The van der Waals surface area contributed by atoms with E-state index in [9.17, 15) is 4.79 Å². The quantitative estimate of drug-likeness (QED) is 0.0380. The fraction of sp³-hybridized carbons (Fsp3) is 0.922. The molecule has 4 aliphatic rings. The Morgan fingerprint density at radius 1 is 0.750 bits per heavy atom. The number of allylic oxidation sites excluding steroid dienone is 3. The lowest BCUT2D eigenvalue weighted by atomic mass is 9.76. The van der Waals surface area contributed by atoms with Gasteiger partial charge in [0.1, 0.15) is 6.10 Å². The normalized spacial score (nSPS) is 33.8. The number of methoxy groups -OCH3 is 4. The van der Waals surface area contributed by atoms with E-state index in [0.717, 1.165) is 30.1 Å². The van der Waals surface area contributed by atoms with Crippen LogP contribution in [0.2, 0.25) is 72.5 Å². The molecule has 4 fully saturated rings. The Labute approximate surface area is 515 Å². The van der Waals surface area contributed by atoms with E-state index in [4.69, 9.17) is 69.8 Å². The molecule has 18 atom stereocenters. The highest BCUT2D eigenvalue weighted by atomic mass is 28.4. The van der Waals surface area contributed by atoms with Crippen molar-refractivity contribution in [3.05, 3.63) is 24.3 Å². The third-order valence-corrected chi connectivity index (χ3v) is 39.2. The molecule has 20 heteroatoms. The van der Waals surface area contributed by atoms with Gasteiger partial charge in [0.25, 0.3) is 0 Å². The lowest BCUT2D eigenvalue weighted by Gasteiger charge is -2.55. The van der Waals surface area contributed by atoms with Crippen molar-refractivity contribution in [1.29, 1.82) is 0 Å². The summed E-state index contributed by atoms with van der Waals surface area (Å²) in [5, 5.41) is -0.169. The number of hydrogen-bond donors (Lipinski definition) is 0. The molecule has 0 aromatic carbocycles. The number of rotatable bonds is 30. The van der Waals surface area contributed by atoms with Crippen molar-refractivity contribution in [2.45, 2.75) is 333 Å². The van der Waals surface area contributed by atoms with E-state index in [1.165, 1.54) is 0 Å². The summed E-state index contributed by atoms with van der Waals surface area (Å²) in [6.07, 6.45) is -0.926. The molecule has 0 aliphatic carbocycles. The molecule has 0 spiro atoms. The van der Waals surface area contributed by atoms with Gasteiger partial charge in [-0.2, -0.15) is 0 Å². The van der Waals surface area contributed by atoms with Crippen molar-refractivity contribution in [2.75, 3.05) is 35.0 Å². The molecule has 0 bridgehead atoms. The Kier molecular flexibility index (Phi) is 27.0. The average Bonchev–Trinajstić information content (AvgIpc) is 2.19. The van der Waals surface area contributed by atoms with Gasteiger partial charge in [-0.25, -0.2) is 4.79 Å². The first-order valence-corrected chi connectivity index (χ1v) is 43.2. The van der Waals surface area contributed by atoms with E-state index >= 15 is 0 Å². The summed E-state index contributed by atoms with van der Waals surface area (Å²) < 4.78 is 103. The van der Waals surface area contributed by atoms with Gasteiger partial charge in [-0.15, -0.1) is 0 Å². The molecule has 0 N–H and O–H groups in total. The third kappa shape index (κ3) is 18.0. The fourth-order valence-corrected chi connectivity index (χ4v) is 19.5. The summed E-state index contributed by atoms with van der Waals surface area (Å²) in [6, 6.07) is 2.85. The van der Waals surface area contributed by atoms with Crippen molar-refractivity contribution in [2.24, 2.45) is 11.8 Å². The summed E-state index contributed by atoms with van der Waals surface area (Å²) in [5.41, 5.74) is 0.264. The Morgan fingerprint density at radius 3 is 1.81 bits per heavy atom. The van der Waals surface area contributed by atoms with Crippen molar-refractivity contribution in [1.82, 2.24) is 0 Å². The van der Waals surface area contributed by atoms with Gasteiger partial charge in [-0.05, 0) is 113 Å². The highest BCUT2D eigenvalue weighted by Crippen LogP contribution is 2.51. The molecular formula is C64H124O16Si4. The summed E-state index contributed by atoms with van der Waals surface area (Å²) in [5.74, 6) is -2.15. The van der Waals surface area contributed by atoms with Crippen molar-refractivity contribution in [3.8, 4) is 0 Å². The first-order valence-electron chi connectivity index (χ1n) is 31.9. The Hall–Kier alpha value is -0.902. The molecule has 0 amide bonds. The molecule has 0 unspecified atom stereocenters. The standard InChI is InChI=1S/C64H124O16Si4/c1-30-42(5)35-34-36-48(77-81(24,25)60(10,11)12)50(67-21)38-52-58(75-59(65)73-52)64(69-23)44(7)55(78-82(26,27)61(13,14)15)43(6)49(76-64)37-47(41-66-20)72-54-40-63(19,80-84(31-2,32-3)33-4)57(46(9)71-54)74-53-39-51(68-22)56(45(8)70-53)79-83(28,29)62(16,17)18/h30,35,43-58H,1,31-34,36-41H2,2-29H3/b42-35-/t43-,44+,45+,46-,47+,48-,49+,50-,51+,52-,53-,54-,55-,56+,57-,58+,63-,64+/m0/s1. The van der Waals surface area contributed by atoms with Crippen molar-refractivity contribution >= 4 is 39.4 Å². The van der Waals surface area contributed by atoms with Crippen LogP contribution >= 0.6 is 0 Å². The molecular weight excluding hydrogens is 1140 g/mol. The minimum atomic E-state index is -2.47. The van der Waals surface area contributed by atoms with Crippen molar-refractivity contribution < 1.29 is 74.6 Å². The smallest absolute Gasteiger partial charge is 0.427 e. The van der Waals surface area contributed by atoms with E-state index in [-0.39, 0.29) is 58.5 Å². The second-order valence-corrected chi connectivity index (χ2v) is 48.9. The van der Waals surface area contributed by atoms with Crippen LogP contribution < -0.4 is 0 Å². The summed E-state index contributed by atoms with van der Waals surface area (Å²) in [7, 11) is -2.47. The fourth-order valence-electron chi connectivity index (χ4n) is 12.2. The van der Waals surface area contributed by atoms with Crippen LogP contribution in [-0.4, -0.2) is 172 Å². The van der Waals surface area contributed by atoms with E-state index in [2.05, 4.69) is 163 Å². The highest BCUT2D eigenvalue weighted by Gasteiger charge is 2.64. The molecule has 4 rings (SSSR count). The molecule has 84 heavy (non-hydrogen) atoms. The van der Waals surface area contributed by atoms with Gasteiger partial charge in [0.15, 0.2) is 58.1 Å². The zero-order valence-corrected chi connectivity index (χ0v) is 62.2. The summed E-state index contributed by atoms with van der Waals surface area (Å²) in [6.45, 7) is 57.3. The molecule has 4 saturated heterocycles. The number of hydrogen-bond acceptors (Lipinski definition) is 16. The van der Waals surface area contributed by atoms with Gasteiger partial charge >= 0.3 is 6.16 Å². The lowest BCUT2D eigenvalue weighted by molar-refractivity contribution is -0.363. The van der Waals surface area contributed by atoms with Gasteiger partial charge < -0.3 is 69.8 Å². The van der Waals surface area contributed by atoms with Gasteiger partial charge in [0, 0.05) is 66.0 Å². The maximum atomic E-state index is 13.8. The highest BCUT2D eigenvalue weighted by molar-refractivity contribution is 6.75. The van der Waals surface area contributed by atoms with Crippen LogP contribution in [0.25, 0.3) is 0 Å². The van der Waals surface area contributed by atoms with Crippen LogP contribution in [0.15, 0.2) is 24.3 Å². The van der Waals surface area contributed by atoms with E-state index in [1.807, 2.05) is 19.9 Å². The number of carbonyl (C=O) groups excluding carboxylic acids is 1. The third-order valence-electron chi connectivity index (χ3n) is 21.0. The Balaban J connectivity index is 1.75. The molecule has 492 valence electrons. The van der Waals surface area contributed by atoms with Gasteiger partial charge in [0.05, 0.1) is 67.1 Å². The summed E-state index contributed by atoms with van der Waals surface area (Å²) >= 11 is 0. The molecule has 4 heterocycles. The second-order valence-electron chi connectivity index (χ2n) is 29.9. The average molecular weight is 1260 g/mol. The Bertz CT molecular complexity index is 2080. The van der Waals surface area contributed by atoms with Crippen LogP contribution in [0.3, 0.4) is 0 Å². The zero-order valence-electron chi connectivity index (χ0n) is 58.2. The topological polar surface area (TPSA) is 156 Å². The maximum Gasteiger partial charge on any atom is 0.509 e. The largest absolute Gasteiger partial charge is 0.509 e. The second kappa shape index (κ2) is 30.0. The molecule has 0 aromatic heterocycles. The SMILES string of the molecule is C=C/C(C)=C\CC[C@H](O[Si](C)(C)C(C)(C)C)[C@H](C[C@@H]1OC(=O)O[C@H]1[C@]1(OC)O[C@H](C[C@H](COC)O[C@H]2C[C@](C)(O[Si](CC)(CC)CC)[C@@H](O[C@H]3C[C@@H](OC)[C@H](O[Si](C)(C)C(C)(C)C)[C@@H](C)O3)[C@H](C)O2)[C@H](C)[C@H](O[Si](C)(C)C(C)(C)C)[C@H]1C)OC.